The first-order valence-corrected chi connectivity index (χ1v) is 10.2. The number of ketones is 1. The SMILES string of the molecule is O=C(c1c[nH]c2ccccc12)[C@H](c1ccccc1)N1CCN(c2ncccn2)CC1. The zero-order valence-corrected chi connectivity index (χ0v) is 16.6. The number of hydrogen-bond donors (Lipinski definition) is 1. The van der Waals surface area contributed by atoms with Gasteiger partial charge in [-0.25, -0.2) is 9.97 Å². The van der Waals surface area contributed by atoms with Gasteiger partial charge < -0.3 is 9.88 Å². The van der Waals surface area contributed by atoms with Crippen molar-refractivity contribution in [2.24, 2.45) is 0 Å². The average Bonchev–Trinajstić information content (AvgIpc) is 3.25. The molecule has 6 nitrogen and oxygen atoms in total. The highest BCUT2D eigenvalue weighted by atomic mass is 16.1. The fourth-order valence-electron chi connectivity index (χ4n) is 4.22. The predicted molar refractivity (Wildman–Crippen MR) is 118 cm³/mol. The Bertz CT molecular complexity index is 1130. The maximum Gasteiger partial charge on any atom is 0.225 e. The first kappa shape index (κ1) is 18.5. The number of hydrogen-bond acceptors (Lipinski definition) is 5. The fourth-order valence-corrected chi connectivity index (χ4v) is 4.22. The number of aromatic amines is 1. The molecule has 4 aromatic rings. The van der Waals surface area contributed by atoms with E-state index in [0.717, 1.165) is 54.2 Å². The lowest BCUT2D eigenvalue weighted by atomic mass is 9.95. The zero-order valence-electron chi connectivity index (χ0n) is 16.6. The van der Waals surface area contributed by atoms with E-state index in [9.17, 15) is 4.79 Å². The van der Waals surface area contributed by atoms with Crippen LogP contribution in [-0.4, -0.2) is 51.8 Å². The molecule has 1 aliphatic heterocycles. The first-order valence-electron chi connectivity index (χ1n) is 10.2. The third-order valence-corrected chi connectivity index (χ3v) is 5.73. The van der Waals surface area contributed by atoms with Gasteiger partial charge in [0.15, 0.2) is 5.78 Å². The van der Waals surface area contributed by atoms with E-state index < -0.39 is 0 Å². The summed E-state index contributed by atoms with van der Waals surface area (Å²) >= 11 is 0. The molecule has 1 saturated heterocycles. The van der Waals surface area contributed by atoms with Crippen LogP contribution in [0.25, 0.3) is 10.9 Å². The maximum atomic E-state index is 13.8. The molecule has 1 N–H and O–H groups in total. The highest BCUT2D eigenvalue weighted by molar-refractivity contribution is 6.10. The number of anilines is 1. The summed E-state index contributed by atoms with van der Waals surface area (Å²) in [7, 11) is 0. The number of nitrogens with one attached hydrogen (secondary N) is 1. The normalized spacial score (nSPS) is 15.9. The second-order valence-electron chi connectivity index (χ2n) is 7.50. The molecule has 1 aliphatic rings. The van der Waals surface area contributed by atoms with Gasteiger partial charge in [0, 0.05) is 61.2 Å². The number of aromatic nitrogens is 3. The van der Waals surface area contributed by atoms with Crippen molar-refractivity contribution in [3.8, 4) is 0 Å². The molecule has 0 unspecified atom stereocenters. The highest BCUT2D eigenvalue weighted by Crippen LogP contribution is 2.30. The van der Waals surface area contributed by atoms with Crippen LogP contribution in [0.4, 0.5) is 5.95 Å². The Morgan fingerprint density at radius 2 is 1.57 bits per heavy atom. The van der Waals surface area contributed by atoms with Crippen molar-refractivity contribution in [2.45, 2.75) is 6.04 Å². The van der Waals surface area contributed by atoms with Crippen molar-refractivity contribution in [2.75, 3.05) is 31.1 Å². The molecule has 0 radical (unpaired) electrons. The predicted octanol–water partition coefficient (Wildman–Crippen LogP) is 3.70. The second-order valence-corrected chi connectivity index (χ2v) is 7.50. The van der Waals surface area contributed by atoms with Crippen LogP contribution < -0.4 is 4.90 Å². The molecule has 0 spiro atoms. The van der Waals surface area contributed by atoms with Crippen molar-refractivity contribution >= 4 is 22.6 Å². The van der Waals surface area contributed by atoms with Crippen LogP contribution in [0.3, 0.4) is 0 Å². The van der Waals surface area contributed by atoms with Crippen molar-refractivity contribution in [3.63, 3.8) is 0 Å². The van der Waals surface area contributed by atoms with E-state index in [2.05, 4.69) is 24.8 Å². The third-order valence-electron chi connectivity index (χ3n) is 5.73. The molecule has 6 heteroatoms. The van der Waals surface area contributed by atoms with Gasteiger partial charge in [0.05, 0.1) is 6.04 Å². The molecule has 2 aromatic carbocycles. The van der Waals surface area contributed by atoms with Crippen LogP contribution in [0, 0.1) is 0 Å². The number of piperazine rings is 1. The van der Waals surface area contributed by atoms with E-state index >= 15 is 0 Å². The monoisotopic (exact) mass is 397 g/mol. The number of fused-ring (bicyclic) bond motifs is 1. The first-order chi connectivity index (χ1) is 14.8. The van der Waals surface area contributed by atoms with Crippen molar-refractivity contribution in [1.82, 2.24) is 19.9 Å². The lowest BCUT2D eigenvalue weighted by Crippen LogP contribution is -2.49. The topological polar surface area (TPSA) is 65.1 Å². The Balaban J connectivity index is 1.44. The molecule has 0 aliphatic carbocycles. The van der Waals surface area contributed by atoms with Crippen molar-refractivity contribution in [3.05, 3.63) is 90.4 Å². The van der Waals surface area contributed by atoms with Gasteiger partial charge in [-0.2, -0.15) is 0 Å². The van der Waals surface area contributed by atoms with Crippen LogP contribution in [0.2, 0.25) is 0 Å². The largest absolute Gasteiger partial charge is 0.360 e. The van der Waals surface area contributed by atoms with Crippen LogP contribution in [-0.2, 0) is 0 Å². The number of rotatable bonds is 5. The molecular weight excluding hydrogens is 374 g/mol. The fraction of sp³-hybridized carbons (Fsp3) is 0.208. The molecule has 0 amide bonds. The number of nitrogens with zero attached hydrogens (tertiary/aromatic N) is 4. The molecule has 1 fully saturated rings. The van der Waals surface area contributed by atoms with E-state index in [-0.39, 0.29) is 11.8 Å². The zero-order chi connectivity index (χ0) is 20.3. The average molecular weight is 397 g/mol. The van der Waals surface area contributed by atoms with Gasteiger partial charge in [-0.15, -0.1) is 0 Å². The van der Waals surface area contributed by atoms with Crippen molar-refractivity contribution < 1.29 is 4.79 Å². The van der Waals surface area contributed by atoms with E-state index in [4.69, 9.17) is 0 Å². The molecule has 30 heavy (non-hydrogen) atoms. The summed E-state index contributed by atoms with van der Waals surface area (Å²) in [5.74, 6) is 0.874. The second kappa shape index (κ2) is 8.08. The summed E-state index contributed by atoms with van der Waals surface area (Å²) in [6.45, 7) is 3.11. The third kappa shape index (κ3) is 3.46. The Morgan fingerprint density at radius 1 is 0.867 bits per heavy atom. The van der Waals surface area contributed by atoms with Crippen LogP contribution in [0.15, 0.2) is 79.3 Å². The molecule has 1 atom stereocenters. The number of Topliss-reactive ketones (excluding diaryl/α,β-unsaturated/α-hetero) is 1. The van der Waals surface area contributed by atoms with E-state index in [1.54, 1.807) is 12.4 Å². The Labute approximate surface area is 175 Å². The summed E-state index contributed by atoms with van der Waals surface area (Å²) in [6, 6.07) is 19.5. The van der Waals surface area contributed by atoms with Gasteiger partial charge in [0.1, 0.15) is 0 Å². The number of carbonyl (C=O) groups is 1. The molecule has 3 heterocycles. The van der Waals surface area contributed by atoms with Crippen molar-refractivity contribution in [1.29, 1.82) is 0 Å². The van der Waals surface area contributed by atoms with Gasteiger partial charge in [-0.3, -0.25) is 9.69 Å². The minimum absolute atomic E-state index is 0.128. The summed E-state index contributed by atoms with van der Waals surface area (Å²) < 4.78 is 0. The molecule has 0 bridgehead atoms. The summed E-state index contributed by atoms with van der Waals surface area (Å²) in [6.07, 6.45) is 5.38. The van der Waals surface area contributed by atoms with E-state index in [1.165, 1.54) is 0 Å². The number of para-hydroxylation sites is 1. The smallest absolute Gasteiger partial charge is 0.225 e. The lowest BCUT2D eigenvalue weighted by Gasteiger charge is -2.38. The van der Waals surface area contributed by atoms with Gasteiger partial charge in [0.2, 0.25) is 5.95 Å². The minimum atomic E-state index is -0.316. The van der Waals surface area contributed by atoms with Gasteiger partial charge in [0.25, 0.3) is 0 Å². The van der Waals surface area contributed by atoms with Gasteiger partial charge in [-0.1, -0.05) is 48.5 Å². The number of H-pyrrole nitrogens is 1. The van der Waals surface area contributed by atoms with Crippen LogP contribution in [0.5, 0.6) is 0 Å². The standard InChI is InChI=1S/C24H23N5O/c30-23(20-17-27-21-10-5-4-9-19(20)21)22(18-7-2-1-3-8-18)28-13-15-29(16-14-28)24-25-11-6-12-26-24/h1-12,17,22,27H,13-16H2/t22-/m0/s1. The van der Waals surface area contributed by atoms with Crippen LogP contribution >= 0.6 is 0 Å². The molecular formula is C24H23N5O. The number of carbonyl (C=O) groups excluding carboxylic acids is 1. The quantitative estimate of drug-likeness (QED) is 0.520. The Hall–Kier alpha value is -3.51. The van der Waals surface area contributed by atoms with Gasteiger partial charge >= 0.3 is 0 Å². The maximum absolute atomic E-state index is 13.8. The molecule has 5 rings (SSSR count). The number of benzene rings is 2. The lowest BCUT2D eigenvalue weighted by molar-refractivity contribution is 0.0808. The minimum Gasteiger partial charge on any atom is -0.360 e. The van der Waals surface area contributed by atoms with Crippen LogP contribution in [0.1, 0.15) is 22.0 Å². The summed E-state index contributed by atoms with van der Waals surface area (Å²) in [5.41, 5.74) is 2.75. The van der Waals surface area contributed by atoms with E-state index in [1.807, 2.05) is 66.9 Å². The van der Waals surface area contributed by atoms with E-state index in [0.29, 0.717) is 0 Å². The highest BCUT2D eigenvalue weighted by Gasteiger charge is 2.32. The Kier molecular flexibility index (Phi) is 4.99. The molecule has 150 valence electrons. The Morgan fingerprint density at radius 3 is 2.33 bits per heavy atom. The summed E-state index contributed by atoms with van der Waals surface area (Å²) in [5, 5.41) is 0.972. The summed E-state index contributed by atoms with van der Waals surface area (Å²) in [4.78, 5) is 30.2. The van der Waals surface area contributed by atoms with Gasteiger partial charge in [-0.05, 0) is 17.7 Å². The molecule has 2 aromatic heterocycles. The molecule has 0 saturated carbocycles.